The fourth-order valence-corrected chi connectivity index (χ4v) is 5.25. The number of alkyl carbamates (subject to hydrolysis) is 1. The number of hydrogen-bond acceptors (Lipinski definition) is 11. The van der Waals surface area contributed by atoms with Crippen LogP contribution in [0.25, 0.3) is 11.1 Å². The smallest absolute Gasteiger partial charge is 0.407 e. The van der Waals surface area contributed by atoms with Crippen LogP contribution < -0.4 is 5.32 Å². The number of carbonyl (C=O) groups is 5. The van der Waals surface area contributed by atoms with Gasteiger partial charge in [-0.15, -0.1) is 0 Å². The molecule has 1 aliphatic heterocycles. The molecule has 5 unspecified atom stereocenters. The molecule has 1 aliphatic carbocycles. The lowest BCUT2D eigenvalue weighted by molar-refractivity contribution is -0.301. The second-order valence-corrected chi connectivity index (χ2v) is 10.1. The van der Waals surface area contributed by atoms with Gasteiger partial charge in [-0.1, -0.05) is 48.5 Å². The highest BCUT2D eigenvalue weighted by Gasteiger charge is 2.51. The Hall–Kier alpha value is -4.49. The Bertz CT molecular complexity index is 1330. The van der Waals surface area contributed by atoms with Crippen LogP contribution >= 0.6 is 0 Å². The number of fused-ring (bicyclic) bond motifs is 3. The number of ether oxygens (including phenoxy) is 6. The Balaban J connectivity index is 1.42. The van der Waals surface area contributed by atoms with E-state index in [-0.39, 0.29) is 12.5 Å². The molecule has 2 aromatic carbocycles. The molecule has 0 saturated carbocycles. The molecule has 2 aliphatic rings. The summed E-state index contributed by atoms with van der Waals surface area (Å²) in [4.78, 5) is 60.1. The molecule has 1 amide bonds. The van der Waals surface area contributed by atoms with E-state index in [4.69, 9.17) is 28.4 Å². The van der Waals surface area contributed by atoms with Crippen LogP contribution in [0.3, 0.4) is 0 Å². The summed E-state index contributed by atoms with van der Waals surface area (Å²) in [5.74, 6) is -3.91. The van der Waals surface area contributed by atoms with Gasteiger partial charge in [0.2, 0.25) is 0 Å². The van der Waals surface area contributed by atoms with Gasteiger partial charge in [-0.25, -0.2) is 9.59 Å². The van der Waals surface area contributed by atoms with Gasteiger partial charge >= 0.3 is 30.0 Å². The summed E-state index contributed by atoms with van der Waals surface area (Å²) in [5, 5.41) is 12.0. The van der Waals surface area contributed by atoms with E-state index in [0.29, 0.717) is 0 Å². The van der Waals surface area contributed by atoms with Gasteiger partial charge in [-0.05, 0) is 29.2 Å². The van der Waals surface area contributed by atoms with Crippen LogP contribution in [0.1, 0.15) is 44.7 Å². The zero-order valence-electron chi connectivity index (χ0n) is 24.0. The maximum absolute atomic E-state index is 12.7. The number of nitrogens with one attached hydrogen (secondary N) is 1. The minimum Gasteiger partial charge on any atom is -0.480 e. The molecule has 13 nitrogen and oxygen atoms in total. The average Bonchev–Trinajstić information content (AvgIpc) is 3.26. The van der Waals surface area contributed by atoms with Crippen molar-refractivity contribution >= 4 is 30.0 Å². The number of esters is 3. The molecule has 1 heterocycles. The monoisotopic (exact) mass is 599 g/mol. The molecule has 4 rings (SSSR count). The second-order valence-electron chi connectivity index (χ2n) is 10.1. The second kappa shape index (κ2) is 13.7. The lowest BCUT2D eigenvalue weighted by atomic mass is 9.98. The predicted octanol–water partition coefficient (Wildman–Crippen LogP) is 2.53. The summed E-state index contributed by atoms with van der Waals surface area (Å²) >= 11 is 0. The van der Waals surface area contributed by atoms with E-state index in [2.05, 4.69) is 5.32 Å². The summed E-state index contributed by atoms with van der Waals surface area (Å²) in [6, 6.07) is 13.9. The summed E-state index contributed by atoms with van der Waals surface area (Å²) in [5.41, 5.74) is 4.06. The number of rotatable bonds is 10. The van der Waals surface area contributed by atoms with Crippen molar-refractivity contribution in [3.8, 4) is 11.1 Å². The fourth-order valence-electron chi connectivity index (χ4n) is 5.25. The molecule has 0 aromatic heterocycles. The number of amides is 1. The molecular formula is C30H33NO12. The summed E-state index contributed by atoms with van der Waals surface area (Å²) in [6.45, 7) is 4.19. The van der Waals surface area contributed by atoms with Crippen LogP contribution in [0.15, 0.2) is 48.5 Å². The highest BCUT2D eigenvalue weighted by molar-refractivity contribution is 5.81. The maximum atomic E-state index is 12.7. The maximum Gasteiger partial charge on any atom is 0.407 e. The third-order valence-electron chi connectivity index (χ3n) is 6.99. The highest BCUT2D eigenvalue weighted by Crippen LogP contribution is 2.44. The van der Waals surface area contributed by atoms with Crippen molar-refractivity contribution < 1.29 is 57.5 Å². The van der Waals surface area contributed by atoms with Crippen molar-refractivity contribution in [3.63, 3.8) is 0 Å². The molecule has 43 heavy (non-hydrogen) atoms. The van der Waals surface area contributed by atoms with Crippen LogP contribution in [0.4, 0.5) is 4.79 Å². The Labute approximate surface area is 247 Å². The Kier molecular flexibility index (Phi) is 9.99. The van der Waals surface area contributed by atoms with Crippen molar-refractivity contribution in [2.75, 3.05) is 13.2 Å². The van der Waals surface area contributed by atoms with Gasteiger partial charge in [-0.3, -0.25) is 14.4 Å². The van der Waals surface area contributed by atoms with Crippen LogP contribution in [-0.4, -0.2) is 85.0 Å². The van der Waals surface area contributed by atoms with E-state index in [0.717, 1.165) is 43.0 Å². The molecule has 0 radical (unpaired) electrons. The van der Waals surface area contributed by atoms with Crippen LogP contribution in [0.2, 0.25) is 0 Å². The lowest BCUT2D eigenvalue weighted by Crippen LogP contribution is -2.61. The molecule has 0 spiro atoms. The standard InChI is InChI=1S/C30H33NO12/c1-15-25(41-16(2)32)26(42-17(3)33)27(43-18(4)34)29(40-15)38-14-24(28(35)36)31-30(37)39-13-23-21-11-7-5-9-19(21)20-10-6-8-12-22(20)23/h5-12,15,23-27,29H,13-14H2,1-4H3,(H,31,37)(H,35,36)/t15?,24-,25?,26?,27?,29?/m0/s1. The number of aliphatic carboxylic acids is 1. The minimum absolute atomic E-state index is 0.0353. The van der Waals surface area contributed by atoms with Gasteiger partial charge in [-0.2, -0.15) is 0 Å². The molecule has 2 N–H and O–H groups in total. The fraction of sp³-hybridized carbons (Fsp3) is 0.433. The van der Waals surface area contributed by atoms with Crippen molar-refractivity contribution in [2.24, 2.45) is 0 Å². The molecule has 1 fully saturated rings. The van der Waals surface area contributed by atoms with Crippen molar-refractivity contribution in [2.45, 2.75) is 70.4 Å². The normalized spacial score (nSPS) is 23.2. The number of carboxylic acid groups (broad SMARTS) is 1. The van der Waals surface area contributed by atoms with Gasteiger partial charge in [0.25, 0.3) is 0 Å². The molecule has 1 saturated heterocycles. The average molecular weight is 600 g/mol. The van der Waals surface area contributed by atoms with Crippen LogP contribution in [0, 0.1) is 0 Å². The molecule has 13 heteroatoms. The van der Waals surface area contributed by atoms with E-state index in [1.54, 1.807) is 0 Å². The first kappa shape index (κ1) is 31.4. The molecule has 230 valence electrons. The Morgan fingerprint density at radius 3 is 1.86 bits per heavy atom. The van der Waals surface area contributed by atoms with E-state index in [1.165, 1.54) is 6.92 Å². The first-order valence-corrected chi connectivity index (χ1v) is 13.6. The molecular weight excluding hydrogens is 566 g/mol. The Morgan fingerprint density at radius 1 is 0.814 bits per heavy atom. The summed E-state index contributed by atoms with van der Waals surface area (Å²) < 4.78 is 32.7. The van der Waals surface area contributed by atoms with E-state index >= 15 is 0 Å². The molecule has 2 aromatic rings. The minimum atomic E-state index is -1.59. The molecule has 6 atom stereocenters. The van der Waals surface area contributed by atoms with Gasteiger partial charge in [0.1, 0.15) is 6.61 Å². The zero-order chi connectivity index (χ0) is 31.3. The first-order chi connectivity index (χ1) is 20.5. The van der Waals surface area contributed by atoms with Gasteiger partial charge in [0.15, 0.2) is 30.6 Å². The zero-order valence-corrected chi connectivity index (χ0v) is 24.0. The van der Waals surface area contributed by atoms with Gasteiger partial charge in [0, 0.05) is 26.7 Å². The van der Waals surface area contributed by atoms with E-state index in [9.17, 15) is 29.1 Å². The van der Waals surface area contributed by atoms with Gasteiger partial charge < -0.3 is 38.8 Å². The van der Waals surface area contributed by atoms with Gasteiger partial charge in [0.05, 0.1) is 12.7 Å². The van der Waals surface area contributed by atoms with E-state index in [1.807, 2.05) is 48.5 Å². The summed E-state index contributed by atoms with van der Waals surface area (Å²) in [7, 11) is 0. The quantitative estimate of drug-likeness (QED) is 0.302. The SMILES string of the molecule is CC(=O)OC1C(C)OC(OC[C@H](NC(=O)OCC2c3ccccc3-c3ccccc32)C(=O)O)C(OC(C)=O)C1OC(C)=O. The van der Waals surface area contributed by atoms with Crippen molar-refractivity contribution in [3.05, 3.63) is 59.7 Å². The third kappa shape index (κ3) is 7.48. The lowest BCUT2D eigenvalue weighted by Gasteiger charge is -2.43. The van der Waals surface area contributed by atoms with Crippen molar-refractivity contribution in [1.82, 2.24) is 5.32 Å². The van der Waals surface area contributed by atoms with Crippen molar-refractivity contribution in [1.29, 1.82) is 0 Å². The summed E-state index contributed by atoms with van der Waals surface area (Å²) in [6.07, 6.45) is -7.24. The molecule has 0 bridgehead atoms. The highest BCUT2D eigenvalue weighted by atomic mass is 16.7. The predicted molar refractivity (Wildman–Crippen MR) is 147 cm³/mol. The van der Waals surface area contributed by atoms with Crippen LogP contribution in [-0.2, 0) is 47.6 Å². The number of benzene rings is 2. The number of hydrogen-bond donors (Lipinski definition) is 2. The first-order valence-electron chi connectivity index (χ1n) is 13.6. The number of carboxylic acids is 1. The van der Waals surface area contributed by atoms with Crippen LogP contribution in [0.5, 0.6) is 0 Å². The third-order valence-corrected chi connectivity index (χ3v) is 6.99. The number of carbonyl (C=O) groups excluding carboxylic acids is 4. The Morgan fingerprint density at radius 2 is 1.33 bits per heavy atom. The largest absolute Gasteiger partial charge is 0.480 e. The van der Waals surface area contributed by atoms with E-state index < -0.39 is 73.3 Å². The topological polar surface area (TPSA) is 173 Å².